The highest BCUT2D eigenvalue weighted by molar-refractivity contribution is 7.09. The van der Waals surface area contributed by atoms with Gasteiger partial charge in [-0.3, -0.25) is 4.90 Å². The van der Waals surface area contributed by atoms with Crippen LogP contribution in [0.15, 0.2) is 35.8 Å². The molecule has 128 valence electrons. The first-order chi connectivity index (χ1) is 11.7. The molecule has 2 aliphatic rings. The number of thiazole rings is 1. The van der Waals surface area contributed by atoms with Crippen molar-refractivity contribution < 1.29 is 9.47 Å². The highest BCUT2D eigenvalue weighted by Crippen LogP contribution is 2.36. The fourth-order valence-electron chi connectivity index (χ4n) is 3.73. The fraction of sp³-hybridized carbons (Fsp3) is 0.500. The lowest BCUT2D eigenvalue weighted by Crippen LogP contribution is -2.33. The van der Waals surface area contributed by atoms with Crippen LogP contribution >= 0.6 is 11.3 Å². The van der Waals surface area contributed by atoms with Gasteiger partial charge in [0.05, 0.1) is 31.9 Å². The van der Waals surface area contributed by atoms with Gasteiger partial charge >= 0.3 is 0 Å². The van der Waals surface area contributed by atoms with Crippen LogP contribution in [0.1, 0.15) is 17.8 Å². The molecular weight excluding hydrogens is 322 g/mol. The minimum Gasteiger partial charge on any atom is -0.497 e. The molecule has 0 radical (unpaired) electrons. The zero-order chi connectivity index (χ0) is 16.4. The SMILES string of the molecule is COc1ccc(NC2COC3(CCN(Cc4nccs4)C3)C2)cc1. The van der Waals surface area contributed by atoms with Crippen LogP contribution in [0.4, 0.5) is 5.69 Å². The van der Waals surface area contributed by atoms with Crippen LogP contribution in [-0.2, 0) is 11.3 Å². The van der Waals surface area contributed by atoms with Gasteiger partial charge in [-0.15, -0.1) is 11.3 Å². The van der Waals surface area contributed by atoms with E-state index in [2.05, 4.69) is 27.3 Å². The van der Waals surface area contributed by atoms with Crippen molar-refractivity contribution in [3.8, 4) is 5.75 Å². The van der Waals surface area contributed by atoms with Crippen LogP contribution in [-0.4, -0.2) is 48.3 Å². The Labute approximate surface area is 146 Å². The van der Waals surface area contributed by atoms with Gasteiger partial charge in [-0.25, -0.2) is 4.98 Å². The Balaban J connectivity index is 1.32. The number of rotatable bonds is 5. The maximum absolute atomic E-state index is 6.23. The summed E-state index contributed by atoms with van der Waals surface area (Å²) in [5.74, 6) is 0.883. The van der Waals surface area contributed by atoms with Crippen molar-refractivity contribution in [2.24, 2.45) is 0 Å². The van der Waals surface area contributed by atoms with Crippen LogP contribution in [0.3, 0.4) is 0 Å². The molecule has 0 bridgehead atoms. The number of benzene rings is 1. The van der Waals surface area contributed by atoms with Gasteiger partial charge in [0.25, 0.3) is 0 Å². The quantitative estimate of drug-likeness (QED) is 0.903. The number of methoxy groups -OCH3 is 1. The summed E-state index contributed by atoms with van der Waals surface area (Å²) in [5, 5.41) is 6.83. The van der Waals surface area contributed by atoms with Gasteiger partial charge in [-0.05, 0) is 30.7 Å². The first kappa shape index (κ1) is 15.9. The molecule has 4 rings (SSSR count). The zero-order valence-electron chi connectivity index (χ0n) is 13.9. The van der Waals surface area contributed by atoms with Gasteiger partial charge in [-0.1, -0.05) is 0 Å². The van der Waals surface area contributed by atoms with Gasteiger partial charge in [-0.2, -0.15) is 0 Å². The summed E-state index contributed by atoms with van der Waals surface area (Å²) in [6, 6.07) is 8.47. The molecule has 0 amide bonds. The Bertz CT molecular complexity index is 661. The van der Waals surface area contributed by atoms with Crippen molar-refractivity contribution in [2.45, 2.75) is 31.0 Å². The third kappa shape index (κ3) is 3.41. The van der Waals surface area contributed by atoms with Gasteiger partial charge in [0.1, 0.15) is 10.8 Å². The Morgan fingerprint density at radius 1 is 1.42 bits per heavy atom. The highest BCUT2D eigenvalue weighted by Gasteiger charge is 2.45. The average Bonchev–Trinajstić information content (AvgIpc) is 3.33. The molecule has 3 heterocycles. The number of nitrogens with one attached hydrogen (secondary N) is 1. The Morgan fingerprint density at radius 3 is 3.04 bits per heavy atom. The third-order valence-electron chi connectivity index (χ3n) is 4.91. The number of likely N-dealkylation sites (tertiary alicyclic amines) is 1. The van der Waals surface area contributed by atoms with Gasteiger partial charge in [0.15, 0.2) is 0 Å². The highest BCUT2D eigenvalue weighted by atomic mass is 32.1. The number of aromatic nitrogens is 1. The van der Waals surface area contributed by atoms with E-state index in [1.165, 1.54) is 5.01 Å². The van der Waals surface area contributed by atoms with Crippen LogP contribution in [0.5, 0.6) is 5.75 Å². The molecule has 5 nitrogen and oxygen atoms in total. The molecule has 0 aliphatic carbocycles. The molecule has 2 unspecified atom stereocenters. The summed E-state index contributed by atoms with van der Waals surface area (Å²) in [6.07, 6.45) is 4.05. The molecule has 1 aromatic heterocycles. The van der Waals surface area contributed by atoms with Gasteiger partial charge in [0.2, 0.25) is 0 Å². The largest absolute Gasteiger partial charge is 0.497 e. The molecule has 2 saturated heterocycles. The molecule has 0 saturated carbocycles. The second-order valence-corrected chi connectivity index (χ2v) is 7.63. The summed E-state index contributed by atoms with van der Waals surface area (Å²) in [6.45, 7) is 3.82. The first-order valence-electron chi connectivity index (χ1n) is 8.40. The summed E-state index contributed by atoms with van der Waals surface area (Å²) in [7, 11) is 1.69. The monoisotopic (exact) mass is 345 g/mol. The van der Waals surface area contributed by atoms with E-state index in [4.69, 9.17) is 9.47 Å². The number of nitrogens with zero attached hydrogens (tertiary/aromatic N) is 2. The Kier molecular flexibility index (Phi) is 4.43. The predicted molar refractivity (Wildman–Crippen MR) is 95.7 cm³/mol. The van der Waals surface area contributed by atoms with E-state index in [0.717, 1.165) is 50.5 Å². The van der Waals surface area contributed by atoms with E-state index in [-0.39, 0.29) is 5.60 Å². The standard InChI is InChI=1S/C18H23N3O2S/c1-22-16-4-2-14(3-5-16)20-15-10-18(23-12-15)6-8-21(13-18)11-17-19-7-9-24-17/h2-5,7,9,15,20H,6,8,10-13H2,1H3. The van der Waals surface area contributed by atoms with Crippen LogP contribution < -0.4 is 10.1 Å². The molecule has 2 fully saturated rings. The summed E-state index contributed by atoms with van der Waals surface area (Å²) in [4.78, 5) is 6.86. The molecule has 6 heteroatoms. The van der Waals surface area contributed by atoms with E-state index < -0.39 is 0 Å². The second kappa shape index (κ2) is 6.70. The minimum absolute atomic E-state index is 0.0153. The minimum atomic E-state index is 0.0153. The number of hydrogen-bond acceptors (Lipinski definition) is 6. The number of ether oxygens (including phenoxy) is 2. The topological polar surface area (TPSA) is 46.6 Å². The zero-order valence-corrected chi connectivity index (χ0v) is 14.7. The van der Waals surface area contributed by atoms with Crippen molar-refractivity contribution >= 4 is 17.0 Å². The van der Waals surface area contributed by atoms with Crippen LogP contribution in [0.25, 0.3) is 0 Å². The number of hydrogen-bond donors (Lipinski definition) is 1. The summed E-state index contributed by atoms with van der Waals surface area (Å²) >= 11 is 1.73. The van der Waals surface area contributed by atoms with Gasteiger partial charge < -0.3 is 14.8 Å². The lowest BCUT2D eigenvalue weighted by atomic mass is 9.97. The van der Waals surface area contributed by atoms with E-state index in [0.29, 0.717) is 6.04 Å². The molecule has 1 spiro atoms. The molecule has 1 aromatic carbocycles. The Hall–Kier alpha value is -1.63. The summed E-state index contributed by atoms with van der Waals surface area (Å²) in [5.41, 5.74) is 1.14. The van der Waals surface area contributed by atoms with Crippen molar-refractivity contribution in [3.63, 3.8) is 0 Å². The van der Waals surface area contributed by atoms with E-state index in [9.17, 15) is 0 Å². The second-order valence-electron chi connectivity index (χ2n) is 6.65. The van der Waals surface area contributed by atoms with Crippen LogP contribution in [0, 0.1) is 0 Å². The molecule has 2 aliphatic heterocycles. The average molecular weight is 345 g/mol. The maximum Gasteiger partial charge on any atom is 0.119 e. The third-order valence-corrected chi connectivity index (χ3v) is 5.67. The molecule has 2 atom stereocenters. The Morgan fingerprint density at radius 2 is 2.29 bits per heavy atom. The van der Waals surface area contributed by atoms with E-state index in [1.807, 2.05) is 23.7 Å². The molecule has 2 aromatic rings. The van der Waals surface area contributed by atoms with E-state index in [1.54, 1.807) is 18.4 Å². The summed E-state index contributed by atoms with van der Waals surface area (Å²) < 4.78 is 11.4. The lowest BCUT2D eigenvalue weighted by Gasteiger charge is -2.23. The molecular formula is C18H23N3O2S. The van der Waals surface area contributed by atoms with Crippen molar-refractivity contribution in [2.75, 3.05) is 32.1 Å². The van der Waals surface area contributed by atoms with Crippen LogP contribution in [0.2, 0.25) is 0 Å². The van der Waals surface area contributed by atoms with Crippen molar-refractivity contribution in [3.05, 3.63) is 40.8 Å². The predicted octanol–water partition coefficient (Wildman–Crippen LogP) is 3.00. The smallest absolute Gasteiger partial charge is 0.119 e. The molecule has 1 N–H and O–H groups in total. The first-order valence-corrected chi connectivity index (χ1v) is 9.28. The van der Waals surface area contributed by atoms with Crippen molar-refractivity contribution in [1.29, 1.82) is 0 Å². The normalized spacial score (nSPS) is 27.0. The van der Waals surface area contributed by atoms with E-state index >= 15 is 0 Å². The fourth-order valence-corrected chi connectivity index (χ4v) is 4.39. The van der Waals surface area contributed by atoms with Crippen molar-refractivity contribution in [1.82, 2.24) is 9.88 Å². The van der Waals surface area contributed by atoms with Gasteiger partial charge in [0, 0.05) is 36.8 Å². The lowest BCUT2D eigenvalue weighted by molar-refractivity contribution is 0.0120. The number of anilines is 1. The molecule has 24 heavy (non-hydrogen) atoms. The maximum atomic E-state index is 6.23.